The summed E-state index contributed by atoms with van der Waals surface area (Å²) in [6.45, 7) is 6.78. The van der Waals surface area contributed by atoms with Gasteiger partial charge in [0.25, 0.3) is 0 Å². The van der Waals surface area contributed by atoms with Crippen LogP contribution in [0, 0.1) is 0 Å². The number of pyridine rings is 1. The van der Waals surface area contributed by atoms with Crippen LogP contribution in [0.5, 0.6) is 5.75 Å². The highest BCUT2D eigenvalue weighted by Gasteiger charge is 2.27. The van der Waals surface area contributed by atoms with Crippen LogP contribution in [0.3, 0.4) is 0 Å². The molecule has 1 aliphatic rings. The van der Waals surface area contributed by atoms with Crippen LogP contribution >= 0.6 is 0 Å². The Morgan fingerprint density at radius 2 is 1.72 bits per heavy atom. The van der Waals surface area contributed by atoms with Crippen LogP contribution < -0.4 is 9.64 Å². The van der Waals surface area contributed by atoms with Crippen LogP contribution in [0.25, 0.3) is 0 Å². The van der Waals surface area contributed by atoms with Gasteiger partial charge in [0, 0.05) is 49.7 Å². The topological polar surface area (TPSA) is 45.7 Å². The molecule has 1 aliphatic heterocycles. The third kappa shape index (κ3) is 5.17. The number of aromatic nitrogens is 1. The van der Waals surface area contributed by atoms with E-state index in [9.17, 15) is 4.79 Å². The van der Waals surface area contributed by atoms with Crippen molar-refractivity contribution in [3.8, 4) is 5.75 Å². The molecule has 5 heteroatoms. The number of Topliss-reactive ketones (excluding diaryl/α,β-unsaturated/α-hetero) is 1. The lowest BCUT2D eigenvalue weighted by Crippen LogP contribution is -2.55. The minimum atomic E-state index is 0.0399. The third-order valence-electron chi connectivity index (χ3n) is 6.31. The zero-order valence-corrected chi connectivity index (χ0v) is 19.1. The first-order chi connectivity index (χ1) is 15.5. The fraction of sp³-hybridized carbons (Fsp3) is 0.333. The Morgan fingerprint density at radius 1 is 1.00 bits per heavy atom. The molecule has 0 amide bonds. The van der Waals surface area contributed by atoms with Gasteiger partial charge < -0.3 is 9.64 Å². The lowest BCUT2D eigenvalue weighted by Gasteiger charge is -2.43. The number of hydrogen-bond acceptors (Lipinski definition) is 5. The van der Waals surface area contributed by atoms with E-state index in [-0.39, 0.29) is 5.78 Å². The van der Waals surface area contributed by atoms with Crippen molar-refractivity contribution in [1.82, 2.24) is 9.88 Å². The number of hydrogen-bond donors (Lipinski definition) is 0. The predicted molar refractivity (Wildman–Crippen MR) is 128 cm³/mol. The highest BCUT2D eigenvalue weighted by Crippen LogP contribution is 2.29. The average molecular weight is 430 g/mol. The monoisotopic (exact) mass is 429 g/mol. The highest BCUT2D eigenvalue weighted by atomic mass is 16.5. The second kappa shape index (κ2) is 9.96. The number of piperazine rings is 1. The molecule has 1 aromatic heterocycles. The average Bonchev–Trinajstić information content (AvgIpc) is 2.82. The maximum absolute atomic E-state index is 13.3. The van der Waals surface area contributed by atoms with Gasteiger partial charge in [-0.25, -0.2) is 0 Å². The number of likely N-dealkylation sites (N-methyl/N-ethyl adjacent to an activating group) is 1. The summed E-state index contributed by atoms with van der Waals surface area (Å²) >= 11 is 0. The van der Waals surface area contributed by atoms with Crippen molar-refractivity contribution in [3.63, 3.8) is 0 Å². The second-order valence-electron chi connectivity index (χ2n) is 8.68. The fourth-order valence-electron chi connectivity index (χ4n) is 4.19. The molecule has 0 N–H and O–H groups in total. The van der Waals surface area contributed by atoms with E-state index in [4.69, 9.17) is 4.74 Å². The molecule has 1 saturated heterocycles. The van der Waals surface area contributed by atoms with Gasteiger partial charge in [0.15, 0.2) is 5.78 Å². The SMILES string of the molecule is C[C@@H]1CN(c2ccc(OCc3ccccc3)c(C(=O)Cc3cccnc3)c2)C[C@H](C)N1C. The second-order valence-corrected chi connectivity index (χ2v) is 8.68. The first-order valence-electron chi connectivity index (χ1n) is 11.2. The van der Waals surface area contributed by atoms with Crippen molar-refractivity contribution in [2.75, 3.05) is 25.0 Å². The number of carbonyl (C=O) groups excluding carboxylic acids is 1. The Morgan fingerprint density at radius 3 is 2.41 bits per heavy atom. The predicted octanol–water partition coefficient (Wildman–Crippen LogP) is 4.61. The van der Waals surface area contributed by atoms with Gasteiger partial charge in [-0.3, -0.25) is 14.7 Å². The number of rotatable bonds is 7. The van der Waals surface area contributed by atoms with Crippen molar-refractivity contribution < 1.29 is 9.53 Å². The van der Waals surface area contributed by atoms with Crippen LogP contribution in [0.15, 0.2) is 73.1 Å². The number of ether oxygens (including phenoxy) is 1. The van der Waals surface area contributed by atoms with E-state index in [1.807, 2.05) is 54.6 Å². The Labute approximate surface area is 190 Å². The van der Waals surface area contributed by atoms with Gasteiger partial charge in [-0.15, -0.1) is 0 Å². The van der Waals surface area contributed by atoms with Gasteiger partial charge in [-0.1, -0.05) is 36.4 Å². The number of anilines is 1. The van der Waals surface area contributed by atoms with Gasteiger partial charge >= 0.3 is 0 Å². The number of nitrogens with zero attached hydrogens (tertiary/aromatic N) is 3. The van der Waals surface area contributed by atoms with Gasteiger partial charge in [-0.2, -0.15) is 0 Å². The zero-order valence-electron chi connectivity index (χ0n) is 19.1. The molecule has 0 unspecified atom stereocenters. The van der Waals surface area contributed by atoms with E-state index in [0.717, 1.165) is 29.9 Å². The minimum absolute atomic E-state index is 0.0399. The molecule has 0 bridgehead atoms. The molecule has 4 rings (SSSR count). The molecule has 0 saturated carbocycles. The van der Waals surface area contributed by atoms with Crippen molar-refractivity contribution >= 4 is 11.5 Å². The lowest BCUT2D eigenvalue weighted by atomic mass is 10.0. The number of benzene rings is 2. The van der Waals surface area contributed by atoms with E-state index in [2.05, 4.69) is 41.7 Å². The standard InChI is InChI=1S/C27H31N3O2/c1-20-17-30(18-21(2)29(20)3)24-11-12-27(32-19-22-8-5-4-6-9-22)25(15-24)26(31)14-23-10-7-13-28-16-23/h4-13,15-16,20-21H,14,17-19H2,1-3H3/t20-,21+. The summed E-state index contributed by atoms with van der Waals surface area (Å²) < 4.78 is 6.12. The fourth-order valence-corrected chi connectivity index (χ4v) is 4.19. The van der Waals surface area contributed by atoms with Crippen LogP contribution in [0.4, 0.5) is 5.69 Å². The summed E-state index contributed by atoms with van der Waals surface area (Å²) in [6.07, 6.45) is 3.77. The number of carbonyl (C=O) groups is 1. The smallest absolute Gasteiger partial charge is 0.171 e. The molecule has 166 valence electrons. The molecule has 0 aliphatic carbocycles. The van der Waals surface area contributed by atoms with Crippen molar-refractivity contribution in [2.24, 2.45) is 0 Å². The molecule has 2 heterocycles. The van der Waals surface area contributed by atoms with Crippen LogP contribution in [-0.2, 0) is 13.0 Å². The summed E-state index contributed by atoms with van der Waals surface area (Å²) in [5.41, 5.74) is 3.67. The molecule has 1 fully saturated rings. The van der Waals surface area contributed by atoms with Crippen molar-refractivity contribution in [1.29, 1.82) is 0 Å². The highest BCUT2D eigenvalue weighted by molar-refractivity contribution is 6.00. The lowest BCUT2D eigenvalue weighted by molar-refractivity contribution is 0.0988. The van der Waals surface area contributed by atoms with Gasteiger partial charge in [0.2, 0.25) is 0 Å². The summed E-state index contributed by atoms with van der Waals surface area (Å²) in [7, 11) is 2.18. The quantitative estimate of drug-likeness (QED) is 0.513. The first-order valence-corrected chi connectivity index (χ1v) is 11.2. The van der Waals surface area contributed by atoms with E-state index >= 15 is 0 Å². The van der Waals surface area contributed by atoms with Crippen molar-refractivity contribution in [2.45, 2.75) is 39.0 Å². The molecule has 5 nitrogen and oxygen atoms in total. The molecule has 0 radical (unpaired) electrons. The molecule has 3 aromatic rings. The van der Waals surface area contributed by atoms with E-state index < -0.39 is 0 Å². The molecule has 2 atom stereocenters. The summed E-state index contributed by atoms with van der Waals surface area (Å²) in [6, 6.07) is 20.7. The van der Waals surface area contributed by atoms with Crippen LogP contribution in [0.2, 0.25) is 0 Å². The van der Waals surface area contributed by atoms with Gasteiger partial charge in [0.05, 0.1) is 5.56 Å². The van der Waals surface area contributed by atoms with E-state index in [1.54, 1.807) is 12.4 Å². The Balaban J connectivity index is 1.61. The molecule has 2 aromatic carbocycles. The summed E-state index contributed by atoms with van der Waals surface area (Å²) in [5, 5.41) is 0. The molecule has 0 spiro atoms. The Bertz CT molecular complexity index is 1030. The maximum atomic E-state index is 13.3. The summed E-state index contributed by atoms with van der Waals surface area (Å²) in [4.78, 5) is 22.3. The van der Waals surface area contributed by atoms with Crippen LogP contribution in [0.1, 0.15) is 35.3 Å². The zero-order chi connectivity index (χ0) is 22.5. The van der Waals surface area contributed by atoms with Gasteiger partial charge in [0.1, 0.15) is 12.4 Å². The molecular weight excluding hydrogens is 398 g/mol. The molecular formula is C27H31N3O2. The summed E-state index contributed by atoms with van der Waals surface area (Å²) in [5.74, 6) is 0.667. The minimum Gasteiger partial charge on any atom is -0.488 e. The number of ketones is 1. The van der Waals surface area contributed by atoms with E-state index in [0.29, 0.717) is 36.4 Å². The maximum Gasteiger partial charge on any atom is 0.171 e. The molecule has 32 heavy (non-hydrogen) atoms. The normalized spacial score (nSPS) is 19.0. The van der Waals surface area contributed by atoms with Gasteiger partial charge in [-0.05, 0) is 56.3 Å². The Kier molecular flexibility index (Phi) is 6.86. The first kappa shape index (κ1) is 22.0. The van der Waals surface area contributed by atoms with E-state index in [1.165, 1.54) is 0 Å². The van der Waals surface area contributed by atoms with Crippen molar-refractivity contribution in [3.05, 3.63) is 89.7 Å². The van der Waals surface area contributed by atoms with Crippen LogP contribution in [-0.4, -0.2) is 47.9 Å². The Hall–Kier alpha value is -3.18. The third-order valence-corrected chi connectivity index (χ3v) is 6.31. The largest absolute Gasteiger partial charge is 0.488 e.